The van der Waals surface area contributed by atoms with E-state index in [2.05, 4.69) is 27.3 Å². The molecule has 1 unspecified atom stereocenters. The highest BCUT2D eigenvalue weighted by atomic mass is 79.9. The summed E-state index contributed by atoms with van der Waals surface area (Å²) in [5.41, 5.74) is 1.86. The van der Waals surface area contributed by atoms with Crippen LogP contribution in [-0.2, 0) is 11.3 Å². The van der Waals surface area contributed by atoms with E-state index in [1.165, 1.54) is 18.4 Å². The number of nitriles is 1. The number of hydrogen-bond donors (Lipinski definition) is 1. The van der Waals surface area contributed by atoms with Crippen LogP contribution in [0.5, 0.6) is 0 Å². The molecule has 0 amide bonds. The summed E-state index contributed by atoms with van der Waals surface area (Å²) in [6.45, 7) is 1.56. The second-order valence-corrected chi connectivity index (χ2v) is 5.55. The Morgan fingerprint density at radius 1 is 1.56 bits per heavy atom. The van der Waals surface area contributed by atoms with Crippen molar-refractivity contribution in [1.29, 1.82) is 5.26 Å². The van der Waals surface area contributed by atoms with Gasteiger partial charge in [0.05, 0.1) is 18.2 Å². The molecule has 1 atom stereocenters. The van der Waals surface area contributed by atoms with Gasteiger partial charge in [-0.2, -0.15) is 5.26 Å². The molecule has 1 N–H and O–H groups in total. The molecule has 0 spiro atoms. The van der Waals surface area contributed by atoms with E-state index in [0.717, 1.165) is 23.5 Å². The van der Waals surface area contributed by atoms with Gasteiger partial charge in [0.15, 0.2) is 0 Å². The molecule has 0 heterocycles. The molecule has 0 radical (unpaired) electrons. The molecule has 0 saturated heterocycles. The van der Waals surface area contributed by atoms with Gasteiger partial charge in [-0.3, -0.25) is 0 Å². The third-order valence-corrected chi connectivity index (χ3v) is 4.01. The van der Waals surface area contributed by atoms with Crippen LogP contribution in [0.2, 0.25) is 0 Å². The van der Waals surface area contributed by atoms with Gasteiger partial charge in [-0.25, -0.2) is 0 Å². The molecule has 0 aliphatic heterocycles. The third-order valence-electron chi connectivity index (χ3n) is 3.27. The zero-order valence-corrected chi connectivity index (χ0v) is 12.0. The van der Waals surface area contributed by atoms with Gasteiger partial charge in [0.2, 0.25) is 0 Å². The zero-order chi connectivity index (χ0) is 13.0. The molecule has 1 saturated carbocycles. The molecule has 4 heteroatoms. The number of halogens is 1. The molecule has 1 aliphatic rings. The van der Waals surface area contributed by atoms with Crippen LogP contribution in [0.1, 0.15) is 24.0 Å². The Morgan fingerprint density at radius 3 is 2.89 bits per heavy atom. The van der Waals surface area contributed by atoms with Gasteiger partial charge in [-0.1, -0.05) is 22.0 Å². The fourth-order valence-electron chi connectivity index (χ4n) is 2.04. The molecule has 2 rings (SSSR count). The maximum atomic E-state index is 8.82. The summed E-state index contributed by atoms with van der Waals surface area (Å²) < 4.78 is 6.23. The molecular formula is C14H17BrN2O. The number of benzene rings is 1. The highest BCUT2D eigenvalue weighted by molar-refractivity contribution is 9.10. The number of nitrogens with zero attached hydrogens (tertiary/aromatic N) is 1. The van der Waals surface area contributed by atoms with Gasteiger partial charge in [0, 0.05) is 24.2 Å². The van der Waals surface area contributed by atoms with Crippen LogP contribution >= 0.6 is 15.9 Å². The molecule has 96 valence electrons. The molecule has 0 aromatic heterocycles. The Balaban J connectivity index is 1.94. The molecule has 18 heavy (non-hydrogen) atoms. The van der Waals surface area contributed by atoms with Crippen molar-refractivity contribution in [3.05, 3.63) is 33.8 Å². The lowest BCUT2D eigenvalue weighted by atomic mass is 10.1. The van der Waals surface area contributed by atoms with Crippen LogP contribution in [0.15, 0.2) is 22.7 Å². The first-order valence-corrected chi connectivity index (χ1v) is 6.94. The maximum absolute atomic E-state index is 8.82. The van der Waals surface area contributed by atoms with Gasteiger partial charge < -0.3 is 10.1 Å². The third kappa shape index (κ3) is 3.55. The Bertz CT molecular complexity index is 452. The molecule has 0 bridgehead atoms. The fraction of sp³-hybridized carbons (Fsp3) is 0.500. The van der Waals surface area contributed by atoms with Crippen LogP contribution in [0.3, 0.4) is 0 Å². The topological polar surface area (TPSA) is 45.0 Å². The fourth-order valence-corrected chi connectivity index (χ4v) is 2.56. The van der Waals surface area contributed by atoms with E-state index in [1.54, 1.807) is 7.11 Å². The molecular weight excluding hydrogens is 292 g/mol. The first kappa shape index (κ1) is 13.5. The summed E-state index contributed by atoms with van der Waals surface area (Å²) >= 11 is 3.51. The summed E-state index contributed by atoms with van der Waals surface area (Å²) in [6, 6.07) is 8.28. The van der Waals surface area contributed by atoms with Crippen molar-refractivity contribution >= 4 is 15.9 Å². The quantitative estimate of drug-likeness (QED) is 0.879. The summed E-state index contributed by atoms with van der Waals surface area (Å²) in [5.74, 6) is 0.766. The second kappa shape index (κ2) is 6.33. The van der Waals surface area contributed by atoms with Crippen LogP contribution in [0.4, 0.5) is 0 Å². The lowest BCUT2D eigenvalue weighted by Crippen LogP contribution is -2.34. The number of rotatable bonds is 6. The predicted octanol–water partition coefficient (Wildman–Crippen LogP) is 2.84. The lowest BCUT2D eigenvalue weighted by Gasteiger charge is -2.17. The van der Waals surface area contributed by atoms with Crippen molar-refractivity contribution in [2.75, 3.05) is 13.7 Å². The van der Waals surface area contributed by atoms with Crippen LogP contribution < -0.4 is 5.32 Å². The summed E-state index contributed by atoms with van der Waals surface area (Å²) in [7, 11) is 1.74. The van der Waals surface area contributed by atoms with Gasteiger partial charge in [0.25, 0.3) is 0 Å². The Kier molecular flexibility index (Phi) is 4.76. The summed E-state index contributed by atoms with van der Waals surface area (Å²) in [4.78, 5) is 0. The number of ether oxygens (including phenoxy) is 1. The molecule has 1 aromatic rings. The van der Waals surface area contributed by atoms with Gasteiger partial charge in [-0.15, -0.1) is 0 Å². The Morgan fingerprint density at radius 2 is 2.33 bits per heavy atom. The summed E-state index contributed by atoms with van der Waals surface area (Å²) in [6.07, 6.45) is 2.60. The van der Waals surface area contributed by atoms with Gasteiger partial charge >= 0.3 is 0 Å². The van der Waals surface area contributed by atoms with E-state index in [9.17, 15) is 0 Å². The van der Waals surface area contributed by atoms with Gasteiger partial charge in [-0.05, 0) is 36.5 Å². The number of methoxy groups -OCH3 is 1. The van der Waals surface area contributed by atoms with Crippen molar-refractivity contribution in [3.63, 3.8) is 0 Å². The first-order chi connectivity index (χ1) is 8.74. The smallest absolute Gasteiger partial charge is 0.0992 e. The SMILES string of the molecule is COCC(NCc1ccc(C#N)cc1Br)C1CC1. The van der Waals surface area contributed by atoms with Crippen molar-refractivity contribution in [1.82, 2.24) is 5.32 Å². The van der Waals surface area contributed by atoms with Crippen LogP contribution in [0.25, 0.3) is 0 Å². The standard InChI is InChI=1S/C14H17BrN2O/c1-18-9-14(11-4-5-11)17-8-12-3-2-10(7-16)6-13(12)15/h2-3,6,11,14,17H,4-5,8-9H2,1H3. The summed E-state index contributed by atoms with van der Waals surface area (Å²) in [5, 5.41) is 12.4. The lowest BCUT2D eigenvalue weighted by molar-refractivity contribution is 0.157. The molecule has 1 aromatic carbocycles. The minimum Gasteiger partial charge on any atom is -0.383 e. The first-order valence-electron chi connectivity index (χ1n) is 6.15. The van der Waals surface area contributed by atoms with E-state index < -0.39 is 0 Å². The van der Waals surface area contributed by atoms with Crippen LogP contribution in [0, 0.1) is 17.2 Å². The highest BCUT2D eigenvalue weighted by Gasteiger charge is 2.30. The average Bonchev–Trinajstić information content (AvgIpc) is 3.20. The van der Waals surface area contributed by atoms with E-state index in [4.69, 9.17) is 10.00 Å². The molecule has 1 fully saturated rings. The maximum Gasteiger partial charge on any atom is 0.0992 e. The minimum atomic E-state index is 0.442. The molecule has 1 aliphatic carbocycles. The van der Waals surface area contributed by atoms with Crippen molar-refractivity contribution in [2.45, 2.75) is 25.4 Å². The zero-order valence-electron chi connectivity index (χ0n) is 10.4. The average molecular weight is 309 g/mol. The Hall–Kier alpha value is -0.890. The predicted molar refractivity (Wildman–Crippen MR) is 74.1 cm³/mol. The Labute approximate surface area is 116 Å². The monoisotopic (exact) mass is 308 g/mol. The van der Waals surface area contributed by atoms with Crippen LogP contribution in [-0.4, -0.2) is 19.8 Å². The minimum absolute atomic E-state index is 0.442. The van der Waals surface area contributed by atoms with E-state index in [-0.39, 0.29) is 0 Å². The van der Waals surface area contributed by atoms with E-state index in [0.29, 0.717) is 11.6 Å². The number of nitrogens with one attached hydrogen (secondary N) is 1. The second-order valence-electron chi connectivity index (χ2n) is 4.70. The largest absolute Gasteiger partial charge is 0.383 e. The molecule has 3 nitrogen and oxygen atoms in total. The van der Waals surface area contributed by atoms with Crippen molar-refractivity contribution < 1.29 is 4.74 Å². The van der Waals surface area contributed by atoms with Crippen molar-refractivity contribution in [3.8, 4) is 6.07 Å². The number of hydrogen-bond acceptors (Lipinski definition) is 3. The van der Waals surface area contributed by atoms with Gasteiger partial charge in [0.1, 0.15) is 0 Å². The van der Waals surface area contributed by atoms with E-state index >= 15 is 0 Å². The normalized spacial score (nSPS) is 16.3. The van der Waals surface area contributed by atoms with Crippen molar-refractivity contribution in [2.24, 2.45) is 5.92 Å². The van der Waals surface area contributed by atoms with E-state index in [1.807, 2.05) is 18.2 Å². The highest BCUT2D eigenvalue weighted by Crippen LogP contribution is 2.33.